The van der Waals surface area contributed by atoms with E-state index in [1.807, 2.05) is 26.8 Å². The lowest BCUT2D eigenvalue weighted by molar-refractivity contribution is -0.322. The number of rotatable bonds is 2. The first-order valence-electron chi connectivity index (χ1n) is 11.8. The Hall–Kier alpha value is -2.16. The van der Waals surface area contributed by atoms with Crippen LogP contribution < -0.4 is 0 Å². The van der Waals surface area contributed by atoms with Crippen LogP contribution in [0.25, 0.3) is 0 Å². The number of carbonyl (C=O) groups excluding carboxylic acids is 2. The molecule has 5 fully saturated rings. The molecule has 1 spiro atoms. The Morgan fingerprint density at radius 3 is 2.55 bits per heavy atom. The van der Waals surface area contributed by atoms with Gasteiger partial charge in [0.25, 0.3) is 0 Å². The van der Waals surface area contributed by atoms with Crippen LogP contribution >= 0.6 is 0 Å². The Morgan fingerprint density at radius 1 is 1.06 bits per heavy atom. The first-order chi connectivity index (χ1) is 15.5. The molecule has 5 heterocycles. The van der Waals surface area contributed by atoms with Crippen LogP contribution in [0.15, 0.2) is 35.2 Å². The normalized spacial score (nSPS) is 53.0. The smallest absolute Gasteiger partial charge is 0.331 e. The topological polar surface area (TPSA) is 104 Å². The van der Waals surface area contributed by atoms with E-state index in [0.717, 1.165) is 5.56 Å². The maximum absolute atomic E-state index is 13.3. The van der Waals surface area contributed by atoms with Crippen molar-refractivity contribution in [3.63, 3.8) is 0 Å². The second kappa shape index (κ2) is 5.56. The van der Waals surface area contributed by atoms with Gasteiger partial charge in [0.2, 0.25) is 0 Å². The lowest BCUT2D eigenvalue weighted by Crippen LogP contribution is -2.47. The third kappa shape index (κ3) is 2.23. The van der Waals surface area contributed by atoms with Crippen molar-refractivity contribution >= 4 is 11.9 Å². The second-order valence-electron chi connectivity index (χ2n) is 11.7. The molecular weight excluding hydrogens is 428 g/mol. The van der Waals surface area contributed by atoms with E-state index in [0.29, 0.717) is 32.1 Å². The van der Waals surface area contributed by atoms with E-state index in [-0.39, 0.29) is 29.4 Å². The fraction of sp³-hybridized carbons (Fsp3) is 0.680. The molecule has 0 bridgehead atoms. The molecule has 0 aromatic carbocycles. The van der Waals surface area contributed by atoms with E-state index in [1.165, 1.54) is 6.08 Å². The highest BCUT2D eigenvalue weighted by Crippen LogP contribution is 2.85. The number of esters is 2. The van der Waals surface area contributed by atoms with Crippen molar-refractivity contribution in [3.05, 3.63) is 36.3 Å². The van der Waals surface area contributed by atoms with Gasteiger partial charge in [0, 0.05) is 48.2 Å². The molecule has 4 aliphatic heterocycles. The molecule has 0 unspecified atom stereocenters. The third-order valence-electron chi connectivity index (χ3n) is 9.61. The molecule has 2 saturated carbocycles. The van der Waals surface area contributed by atoms with Gasteiger partial charge in [0.1, 0.15) is 11.7 Å². The van der Waals surface area contributed by atoms with Gasteiger partial charge < -0.3 is 28.5 Å². The number of carbonyl (C=O) groups is 2. The molecule has 7 rings (SSSR count). The Labute approximate surface area is 191 Å². The summed E-state index contributed by atoms with van der Waals surface area (Å²) in [5.41, 5.74) is -1.74. The van der Waals surface area contributed by atoms with E-state index in [9.17, 15) is 14.7 Å². The van der Waals surface area contributed by atoms with Crippen molar-refractivity contribution in [1.29, 1.82) is 0 Å². The maximum Gasteiger partial charge on any atom is 0.331 e. The Kier molecular flexibility index (Phi) is 3.41. The summed E-state index contributed by atoms with van der Waals surface area (Å²) in [6, 6.07) is 1.85. The first kappa shape index (κ1) is 20.2. The zero-order valence-electron chi connectivity index (χ0n) is 19.0. The van der Waals surface area contributed by atoms with Crippen molar-refractivity contribution in [3.8, 4) is 0 Å². The van der Waals surface area contributed by atoms with Crippen LogP contribution in [0, 0.1) is 22.7 Å². The predicted octanol–water partition coefficient (Wildman–Crippen LogP) is 3.16. The van der Waals surface area contributed by atoms with Crippen molar-refractivity contribution in [2.24, 2.45) is 22.7 Å². The van der Waals surface area contributed by atoms with Gasteiger partial charge in [-0.1, -0.05) is 0 Å². The molecule has 3 saturated heterocycles. The SMILES string of the molecule is CC1(C)O[C@]2(C[C@H]1[C@]1(C)C=CC(=O)O1)C[C@H]1[C@@]34C[C@]3(CC[C@]1(O)O2)[C@@H](c1ccoc1)OC4=O. The summed E-state index contributed by atoms with van der Waals surface area (Å²) in [6.07, 6.45) is 8.67. The largest absolute Gasteiger partial charge is 0.472 e. The number of fused-ring (bicyclic) bond motifs is 1. The third-order valence-corrected chi connectivity index (χ3v) is 9.61. The van der Waals surface area contributed by atoms with Crippen LogP contribution in [0.5, 0.6) is 0 Å². The molecular formula is C25H28O8. The number of aliphatic hydroxyl groups is 1. The predicted molar refractivity (Wildman–Crippen MR) is 110 cm³/mol. The van der Waals surface area contributed by atoms with E-state index >= 15 is 0 Å². The quantitative estimate of drug-likeness (QED) is 0.677. The van der Waals surface area contributed by atoms with Gasteiger partial charge in [-0.3, -0.25) is 4.79 Å². The van der Waals surface area contributed by atoms with Crippen LogP contribution in [-0.2, 0) is 28.5 Å². The number of hydrogen-bond donors (Lipinski definition) is 1. The fourth-order valence-corrected chi connectivity index (χ4v) is 8.27. The van der Waals surface area contributed by atoms with E-state index in [2.05, 4.69) is 0 Å². The second-order valence-corrected chi connectivity index (χ2v) is 11.7. The molecule has 1 N–H and O–H groups in total. The van der Waals surface area contributed by atoms with E-state index < -0.39 is 34.1 Å². The minimum Gasteiger partial charge on any atom is -0.472 e. The summed E-state index contributed by atoms with van der Waals surface area (Å²) in [6.45, 7) is 5.81. The van der Waals surface area contributed by atoms with Gasteiger partial charge in [-0.25, -0.2) is 4.79 Å². The summed E-state index contributed by atoms with van der Waals surface area (Å²) in [4.78, 5) is 25.2. The zero-order valence-corrected chi connectivity index (χ0v) is 19.0. The molecule has 2 aliphatic carbocycles. The summed E-state index contributed by atoms with van der Waals surface area (Å²) < 4.78 is 29.8. The average Bonchev–Trinajstić information content (AvgIpc) is 3.22. The standard InChI is InChI=1S/C25H28O8/c1-20(2)15(21(3)6-4-17(26)31-21)10-23(32-20)11-16-24-13-22(24,7-8-25(16,28)33-23)18(30-19(24)27)14-5-9-29-12-14/h4-6,9,12,15-16,18,28H,7-8,10-11,13H2,1-3H3/t15-,16+,18-,21+,22-,23+,24-,25+/m1/s1. The Morgan fingerprint density at radius 2 is 1.85 bits per heavy atom. The molecule has 0 amide bonds. The van der Waals surface area contributed by atoms with Gasteiger partial charge in [0.05, 0.1) is 23.5 Å². The molecule has 1 aromatic rings. The van der Waals surface area contributed by atoms with E-state index in [4.69, 9.17) is 23.4 Å². The van der Waals surface area contributed by atoms with Gasteiger partial charge in [0.15, 0.2) is 11.6 Å². The molecule has 6 aliphatic rings. The minimum atomic E-state index is -1.46. The van der Waals surface area contributed by atoms with Crippen LogP contribution in [0.3, 0.4) is 0 Å². The highest BCUT2D eigenvalue weighted by Gasteiger charge is 2.89. The van der Waals surface area contributed by atoms with Crippen molar-refractivity contribution < 1.29 is 38.1 Å². The van der Waals surface area contributed by atoms with Crippen LogP contribution in [0.2, 0.25) is 0 Å². The lowest BCUT2D eigenvalue weighted by atomic mass is 9.66. The molecule has 176 valence electrons. The minimum absolute atomic E-state index is 0.174. The van der Waals surface area contributed by atoms with Gasteiger partial charge in [-0.15, -0.1) is 0 Å². The first-order valence-corrected chi connectivity index (χ1v) is 11.8. The van der Waals surface area contributed by atoms with Crippen molar-refractivity contribution in [2.75, 3.05) is 0 Å². The van der Waals surface area contributed by atoms with Crippen molar-refractivity contribution in [1.82, 2.24) is 0 Å². The van der Waals surface area contributed by atoms with Crippen LogP contribution in [-0.4, -0.2) is 39.8 Å². The number of furan rings is 1. The molecule has 8 atom stereocenters. The summed E-state index contributed by atoms with van der Waals surface area (Å²) >= 11 is 0. The summed E-state index contributed by atoms with van der Waals surface area (Å²) in [5.74, 6) is -3.74. The highest BCUT2D eigenvalue weighted by atomic mass is 16.8. The summed E-state index contributed by atoms with van der Waals surface area (Å²) in [5, 5.41) is 11.7. The molecule has 8 nitrogen and oxygen atoms in total. The lowest BCUT2D eigenvalue weighted by Gasteiger charge is -2.39. The van der Waals surface area contributed by atoms with Gasteiger partial charge >= 0.3 is 11.9 Å². The van der Waals surface area contributed by atoms with Gasteiger partial charge in [-0.2, -0.15) is 0 Å². The maximum atomic E-state index is 13.3. The molecule has 0 radical (unpaired) electrons. The number of cyclic esters (lactones) is 2. The number of hydrogen-bond acceptors (Lipinski definition) is 8. The van der Waals surface area contributed by atoms with E-state index in [1.54, 1.807) is 18.6 Å². The molecule has 1 aromatic heterocycles. The Bertz CT molecular complexity index is 1110. The fourth-order valence-electron chi connectivity index (χ4n) is 8.27. The summed E-state index contributed by atoms with van der Waals surface area (Å²) in [7, 11) is 0. The van der Waals surface area contributed by atoms with Crippen molar-refractivity contribution in [2.45, 2.75) is 81.8 Å². The molecule has 33 heavy (non-hydrogen) atoms. The molecule has 8 heteroatoms. The average molecular weight is 456 g/mol. The van der Waals surface area contributed by atoms with Gasteiger partial charge in [-0.05, 0) is 45.8 Å². The number of ether oxygens (including phenoxy) is 4. The highest BCUT2D eigenvalue weighted by molar-refractivity contribution is 5.87. The Balaban J connectivity index is 1.23. The zero-order chi connectivity index (χ0) is 23.1. The van der Waals surface area contributed by atoms with Crippen LogP contribution in [0.4, 0.5) is 0 Å². The van der Waals surface area contributed by atoms with Crippen LogP contribution in [0.1, 0.15) is 64.5 Å². The monoisotopic (exact) mass is 456 g/mol.